The van der Waals surface area contributed by atoms with Crippen molar-refractivity contribution >= 4 is 16.8 Å². The van der Waals surface area contributed by atoms with Gasteiger partial charge in [0.25, 0.3) is 5.91 Å². The number of fused-ring (bicyclic) bond motifs is 2. The van der Waals surface area contributed by atoms with Gasteiger partial charge in [-0.2, -0.15) is 0 Å². The number of aromatic nitrogens is 1. The lowest BCUT2D eigenvalue weighted by Gasteiger charge is -2.44. The lowest BCUT2D eigenvalue weighted by atomic mass is 9.83. The van der Waals surface area contributed by atoms with Gasteiger partial charge in [-0.05, 0) is 56.8 Å². The molecule has 2 aliphatic heterocycles. The van der Waals surface area contributed by atoms with Crippen molar-refractivity contribution in [2.45, 2.75) is 44.7 Å². The second kappa shape index (κ2) is 8.44. The van der Waals surface area contributed by atoms with E-state index in [2.05, 4.69) is 26.9 Å². The number of carbonyl (C=O) groups excluding carboxylic acids is 1. The fourth-order valence-corrected chi connectivity index (χ4v) is 4.95. The number of carbonyl (C=O) groups is 1. The van der Waals surface area contributed by atoms with Crippen LogP contribution in [0.5, 0.6) is 0 Å². The number of ether oxygens (including phenoxy) is 1. The minimum absolute atomic E-state index is 0.0373. The molecule has 1 aromatic carbocycles. The van der Waals surface area contributed by atoms with Crippen molar-refractivity contribution in [3.8, 4) is 0 Å². The normalized spacial score (nSPS) is 23.3. The molecule has 2 saturated heterocycles. The first kappa shape index (κ1) is 18.5. The van der Waals surface area contributed by atoms with Gasteiger partial charge < -0.3 is 19.5 Å². The standard InChI is InChI=1S/C22H31N3O2/c1-27-14-13-25-20-10-3-2-7-17(20)15-21(25)22(26)23-16-18-8-6-12-24-11-5-4-9-19(18)24/h2-3,7,10,15,18-19H,4-6,8-9,11-14,16H2,1H3,(H,23,26). The van der Waals surface area contributed by atoms with Crippen LogP contribution in [0.4, 0.5) is 0 Å². The molecule has 4 rings (SSSR count). The number of hydrogen-bond acceptors (Lipinski definition) is 3. The maximum atomic E-state index is 13.0. The van der Waals surface area contributed by atoms with Crippen LogP contribution in [0.25, 0.3) is 10.9 Å². The first-order valence-corrected chi connectivity index (χ1v) is 10.4. The van der Waals surface area contributed by atoms with Crippen molar-refractivity contribution in [3.05, 3.63) is 36.0 Å². The van der Waals surface area contributed by atoms with Gasteiger partial charge in [0, 0.05) is 37.1 Å². The zero-order chi connectivity index (χ0) is 18.6. The average molecular weight is 370 g/mol. The number of rotatable bonds is 6. The van der Waals surface area contributed by atoms with E-state index in [9.17, 15) is 4.79 Å². The van der Waals surface area contributed by atoms with Crippen LogP contribution in [0.3, 0.4) is 0 Å². The maximum absolute atomic E-state index is 13.0. The van der Waals surface area contributed by atoms with Crippen molar-refractivity contribution in [1.82, 2.24) is 14.8 Å². The second-order valence-electron chi connectivity index (χ2n) is 7.94. The molecule has 2 aliphatic rings. The number of para-hydroxylation sites is 1. The van der Waals surface area contributed by atoms with Crippen molar-refractivity contribution in [1.29, 1.82) is 0 Å². The number of piperidine rings is 2. The zero-order valence-electron chi connectivity index (χ0n) is 16.3. The van der Waals surface area contributed by atoms with E-state index in [1.54, 1.807) is 7.11 Å². The molecule has 0 radical (unpaired) electrons. The molecule has 1 amide bonds. The number of hydrogen-bond donors (Lipinski definition) is 1. The largest absolute Gasteiger partial charge is 0.383 e. The first-order valence-electron chi connectivity index (χ1n) is 10.4. The molecule has 0 bridgehead atoms. The molecule has 27 heavy (non-hydrogen) atoms. The Morgan fingerprint density at radius 1 is 1.19 bits per heavy atom. The smallest absolute Gasteiger partial charge is 0.267 e. The van der Waals surface area contributed by atoms with Crippen molar-refractivity contribution in [2.75, 3.05) is 33.4 Å². The highest BCUT2D eigenvalue weighted by atomic mass is 16.5. The number of nitrogens with one attached hydrogen (secondary N) is 1. The number of nitrogens with zero attached hydrogens (tertiary/aromatic N) is 2. The monoisotopic (exact) mass is 369 g/mol. The summed E-state index contributed by atoms with van der Waals surface area (Å²) < 4.78 is 7.34. The lowest BCUT2D eigenvalue weighted by Crippen LogP contribution is -2.51. The number of benzene rings is 1. The summed E-state index contributed by atoms with van der Waals surface area (Å²) in [4.78, 5) is 15.7. The van der Waals surface area contributed by atoms with E-state index in [1.807, 2.05) is 18.2 Å². The maximum Gasteiger partial charge on any atom is 0.267 e. The SMILES string of the molecule is COCCn1c(C(=O)NCC2CCCN3CCCCC23)cc2ccccc21. The van der Waals surface area contributed by atoms with Gasteiger partial charge in [0.1, 0.15) is 5.69 Å². The van der Waals surface area contributed by atoms with Crippen molar-refractivity contribution in [2.24, 2.45) is 5.92 Å². The molecule has 5 heteroatoms. The van der Waals surface area contributed by atoms with Gasteiger partial charge in [0.2, 0.25) is 0 Å². The van der Waals surface area contributed by atoms with Gasteiger partial charge in [0.15, 0.2) is 0 Å². The molecule has 3 heterocycles. The molecule has 1 N–H and O–H groups in total. The minimum atomic E-state index is 0.0373. The van der Waals surface area contributed by atoms with Crippen LogP contribution in [0.15, 0.2) is 30.3 Å². The van der Waals surface area contributed by atoms with Crippen LogP contribution in [-0.2, 0) is 11.3 Å². The molecular formula is C22H31N3O2. The van der Waals surface area contributed by atoms with E-state index in [-0.39, 0.29) is 5.91 Å². The van der Waals surface area contributed by atoms with E-state index in [0.29, 0.717) is 25.1 Å². The Balaban J connectivity index is 1.47. The highest BCUT2D eigenvalue weighted by Crippen LogP contribution is 2.30. The molecule has 0 spiro atoms. The second-order valence-corrected chi connectivity index (χ2v) is 7.94. The number of methoxy groups -OCH3 is 1. The Morgan fingerprint density at radius 2 is 2.04 bits per heavy atom. The molecule has 2 aromatic rings. The molecule has 2 atom stereocenters. The molecule has 0 saturated carbocycles. The first-order chi connectivity index (χ1) is 13.3. The summed E-state index contributed by atoms with van der Waals surface area (Å²) in [6.45, 7) is 4.54. The third-order valence-electron chi connectivity index (χ3n) is 6.32. The summed E-state index contributed by atoms with van der Waals surface area (Å²) in [6, 6.07) is 10.8. The predicted molar refractivity (Wildman–Crippen MR) is 108 cm³/mol. The molecule has 0 aliphatic carbocycles. The third kappa shape index (κ3) is 3.90. The van der Waals surface area contributed by atoms with Crippen molar-refractivity contribution in [3.63, 3.8) is 0 Å². The van der Waals surface area contributed by atoms with Crippen LogP contribution in [-0.4, -0.2) is 54.8 Å². The Morgan fingerprint density at radius 3 is 2.93 bits per heavy atom. The van der Waals surface area contributed by atoms with E-state index in [1.165, 1.54) is 45.2 Å². The molecular weight excluding hydrogens is 338 g/mol. The van der Waals surface area contributed by atoms with Crippen LogP contribution in [0.2, 0.25) is 0 Å². The summed E-state index contributed by atoms with van der Waals surface area (Å²) in [6.07, 6.45) is 6.43. The predicted octanol–water partition coefficient (Wildman–Crippen LogP) is 3.28. The topological polar surface area (TPSA) is 46.5 Å². The van der Waals surface area contributed by atoms with E-state index in [0.717, 1.165) is 23.1 Å². The molecule has 146 valence electrons. The van der Waals surface area contributed by atoms with Crippen LogP contribution < -0.4 is 5.32 Å². The number of amides is 1. The molecule has 2 fully saturated rings. The zero-order valence-corrected chi connectivity index (χ0v) is 16.3. The van der Waals surface area contributed by atoms with Crippen molar-refractivity contribution < 1.29 is 9.53 Å². The van der Waals surface area contributed by atoms with Gasteiger partial charge in [-0.3, -0.25) is 4.79 Å². The molecule has 1 aromatic heterocycles. The van der Waals surface area contributed by atoms with E-state index < -0.39 is 0 Å². The molecule has 2 unspecified atom stereocenters. The fraction of sp³-hybridized carbons (Fsp3) is 0.591. The lowest BCUT2D eigenvalue weighted by molar-refractivity contribution is 0.0574. The van der Waals surface area contributed by atoms with Crippen LogP contribution in [0.1, 0.15) is 42.6 Å². The van der Waals surface area contributed by atoms with Gasteiger partial charge in [-0.15, -0.1) is 0 Å². The van der Waals surface area contributed by atoms with Crippen LogP contribution >= 0.6 is 0 Å². The van der Waals surface area contributed by atoms with Crippen LogP contribution in [0, 0.1) is 5.92 Å². The van der Waals surface area contributed by atoms with Gasteiger partial charge in [-0.1, -0.05) is 24.6 Å². The summed E-state index contributed by atoms with van der Waals surface area (Å²) in [7, 11) is 1.70. The van der Waals surface area contributed by atoms with Gasteiger partial charge >= 0.3 is 0 Å². The highest BCUT2D eigenvalue weighted by Gasteiger charge is 2.33. The minimum Gasteiger partial charge on any atom is -0.383 e. The van der Waals surface area contributed by atoms with Gasteiger partial charge in [-0.25, -0.2) is 0 Å². The van der Waals surface area contributed by atoms with E-state index >= 15 is 0 Å². The Labute approximate surface area is 161 Å². The van der Waals surface area contributed by atoms with Gasteiger partial charge in [0.05, 0.1) is 6.61 Å². The Bertz CT molecular complexity index is 783. The summed E-state index contributed by atoms with van der Waals surface area (Å²) >= 11 is 0. The van der Waals surface area contributed by atoms with E-state index in [4.69, 9.17) is 4.74 Å². The Hall–Kier alpha value is -1.85. The fourth-order valence-electron chi connectivity index (χ4n) is 4.95. The Kier molecular flexibility index (Phi) is 5.79. The quantitative estimate of drug-likeness (QED) is 0.850. The highest BCUT2D eigenvalue weighted by molar-refractivity contribution is 5.98. The molecule has 5 nitrogen and oxygen atoms in total. The summed E-state index contributed by atoms with van der Waals surface area (Å²) in [5, 5.41) is 4.36. The summed E-state index contributed by atoms with van der Waals surface area (Å²) in [5.74, 6) is 0.620. The summed E-state index contributed by atoms with van der Waals surface area (Å²) in [5.41, 5.74) is 1.83. The third-order valence-corrected chi connectivity index (χ3v) is 6.32. The average Bonchev–Trinajstić information content (AvgIpc) is 3.09.